The zero-order chi connectivity index (χ0) is 15.5. The maximum absolute atomic E-state index is 12.7. The Morgan fingerprint density at radius 3 is 2.95 bits per heavy atom. The fourth-order valence-electron chi connectivity index (χ4n) is 2.49. The van der Waals surface area contributed by atoms with Gasteiger partial charge in [0.05, 0.1) is 11.7 Å². The van der Waals surface area contributed by atoms with Crippen molar-refractivity contribution in [3.8, 4) is 6.07 Å². The van der Waals surface area contributed by atoms with E-state index in [2.05, 4.69) is 0 Å². The van der Waals surface area contributed by atoms with Crippen LogP contribution in [0.4, 0.5) is 5.69 Å². The van der Waals surface area contributed by atoms with Crippen LogP contribution >= 0.6 is 0 Å². The largest absolute Gasteiger partial charge is 0.399 e. The Labute approximate surface area is 125 Å². The number of nitrogen functional groups attached to an aromatic ring is 1. The normalized spacial score (nSPS) is 20.1. The summed E-state index contributed by atoms with van der Waals surface area (Å²) >= 11 is 0. The van der Waals surface area contributed by atoms with E-state index in [0.717, 1.165) is 12.8 Å². The van der Waals surface area contributed by atoms with Gasteiger partial charge < -0.3 is 10.5 Å². The lowest BCUT2D eigenvalue weighted by molar-refractivity contribution is 0.0265. The van der Waals surface area contributed by atoms with E-state index < -0.39 is 10.0 Å². The minimum absolute atomic E-state index is 0.0105. The first kappa shape index (κ1) is 15.8. The number of nitrogens with zero attached hydrogens (tertiary/aromatic N) is 2. The Balaban J connectivity index is 2.32. The summed E-state index contributed by atoms with van der Waals surface area (Å²) in [5, 5.41) is 9.13. The molecule has 0 amide bonds. The molecule has 2 N–H and O–H groups in total. The Kier molecular flexibility index (Phi) is 4.83. The van der Waals surface area contributed by atoms with Crippen molar-refractivity contribution in [2.24, 2.45) is 0 Å². The van der Waals surface area contributed by atoms with Gasteiger partial charge in [-0.1, -0.05) is 0 Å². The zero-order valence-electron chi connectivity index (χ0n) is 11.9. The maximum atomic E-state index is 12.7. The van der Waals surface area contributed by atoms with E-state index in [-0.39, 0.29) is 16.6 Å². The second-order valence-electron chi connectivity index (χ2n) is 4.95. The van der Waals surface area contributed by atoms with Gasteiger partial charge in [-0.15, -0.1) is 0 Å². The topological polar surface area (TPSA) is 96.4 Å². The molecule has 0 aromatic heterocycles. The summed E-state index contributed by atoms with van der Waals surface area (Å²) in [6.07, 6.45) is 1.52. The Morgan fingerprint density at radius 1 is 1.52 bits per heavy atom. The summed E-state index contributed by atoms with van der Waals surface area (Å²) in [7, 11) is -3.70. The summed E-state index contributed by atoms with van der Waals surface area (Å²) in [6, 6.07) is 6.18. The van der Waals surface area contributed by atoms with E-state index in [1.807, 2.05) is 13.0 Å². The molecule has 1 aromatic rings. The maximum Gasteiger partial charge on any atom is 0.244 e. The molecule has 6 nitrogen and oxygen atoms in total. The number of benzene rings is 1. The van der Waals surface area contributed by atoms with Gasteiger partial charge in [0.25, 0.3) is 0 Å². The van der Waals surface area contributed by atoms with Crippen LogP contribution < -0.4 is 5.73 Å². The fourth-order valence-corrected chi connectivity index (χ4v) is 4.13. The Bertz CT molecular complexity index is 650. The minimum Gasteiger partial charge on any atom is -0.399 e. The second kappa shape index (κ2) is 6.43. The second-order valence-corrected chi connectivity index (χ2v) is 6.86. The number of hydrogen-bond acceptors (Lipinski definition) is 5. The summed E-state index contributed by atoms with van der Waals surface area (Å²) in [4.78, 5) is 0.0105. The first-order valence-electron chi connectivity index (χ1n) is 6.90. The van der Waals surface area contributed by atoms with E-state index in [9.17, 15) is 8.42 Å². The van der Waals surface area contributed by atoms with Crippen LogP contribution in [0.2, 0.25) is 0 Å². The van der Waals surface area contributed by atoms with Crippen molar-refractivity contribution < 1.29 is 13.2 Å². The third kappa shape index (κ3) is 3.35. The molecule has 0 saturated carbocycles. The van der Waals surface area contributed by atoms with Crippen LogP contribution in [-0.2, 0) is 14.8 Å². The van der Waals surface area contributed by atoms with E-state index in [0.29, 0.717) is 25.4 Å². The van der Waals surface area contributed by atoms with E-state index in [1.54, 1.807) is 0 Å². The monoisotopic (exact) mass is 309 g/mol. The molecule has 114 valence electrons. The number of rotatable bonds is 4. The average molecular weight is 309 g/mol. The number of ether oxygens (including phenoxy) is 1. The molecule has 1 fully saturated rings. The lowest BCUT2D eigenvalue weighted by Gasteiger charge is -2.31. The van der Waals surface area contributed by atoms with Crippen molar-refractivity contribution in [1.29, 1.82) is 5.26 Å². The van der Waals surface area contributed by atoms with Gasteiger partial charge in [-0.3, -0.25) is 0 Å². The fraction of sp³-hybridized carbons (Fsp3) is 0.500. The summed E-state index contributed by atoms with van der Waals surface area (Å²) in [5.74, 6) is 0. The first-order chi connectivity index (χ1) is 9.98. The van der Waals surface area contributed by atoms with Crippen LogP contribution in [-0.4, -0.2) is 38.5 Å². The molecule has 1 heterocycles. The smallest absolute Gasteiger partial charge is 0.244 e. The Hall–Kier alpha value is -1.62. The highest BCUT2D eigenvalue weighted by atomic mass is 32.2. The van der Waals surface area contributed by atoms with Crippen molar-refractivity contribution in [2.75, 3.05) is 25.4 Å². The van der Waals surface area contributed by atoms with Crippen LogP contribution in [0.1, 0.15) is 25.3 Å². The van der Waals surface area contributed by atoms with Gasteiger partial charge >= 0.3 is 0 Å². The highest BCUT2D eigenvalue weighted by Gasteiger charge is 2.32. The molecule has 0 aliphatic carbocycles. The molecular formula is C14H19N3O3S. The van der Waals surface area contributed by atoms with Crippen LogP contribution in [0.5, 0.6) is 0 Å². The van der Waals surface area contributed by atoms with Gasteiger partial charge in [-0.25, -0.2) is 8.42 Å². The number of nitriles is 1. The molecule has 21 heavy (non-hydrogen) atoms. The lowest BCUT2D eigenvalue weighted by Crippen LogP contribution is -2.43. The van der Waals surface area contributed by atoms with E-state index in [1.165, 1.54) is 22.5 Å². The predicted molar refractivity (Wildman–Crippen MR) is 79.0 cm³/mol. The molecular weight excluding hydrogens is 290 g/mol. The molecule has 1 unspecified atom stereocenters. The molecule has 1 saturated heterocycles. The highest BCUT2D eigenvalue weighted by molar-refractivity contribution is 7.89. The summed E-state index contributed by atoms with van der Waals surface area (Å²) in [5.41, 5.74) is 6.06. The number of nitrogens with two attached hydrogens (primary N) is 1. The third-order valence-electron chi connectivity index (χ3n) is 3.49. The first-order valence-corrected chi connectivity index (χ1v) is 8.34. The van der Waals surface area contributed by atoms with Crippen molar-refractivity contribution in [3.63, 3.8) is 0 Å². The van der Waals surface area contributed by atoms with Crippen LogP contribution in [0.3, 0.4) is 0 Å². The molecule has 1 aromatic carbocycles. The van der Waals surface area contributed by atoms with Crippen molar-refractivity contribution in [3.05, 3.63) is 23.8 Å². The quantitative estimate of drug-likeness (QED) is 0.846. The summed E-state index contributed by atoms with van der Waals surface area (Å²) < 4.78 is 32.3. The van der Waals surface area contributed by atoms with Gasteiger partial charge in [0, 0.05) is 25.4 Å². The zero-order valence-corrected chi connectivity index (χ0v) is 12.8. The van der Waals surface area contributed by atoms with Gasteiger partial charge in [-0.05, 0) is 38.0 Å². The molecule has 7 heteroatoms. The van der Waals surface area contributed by atoms with Gasteiger partial charge in [0.2, 0.25) is 10.0 Å². The number of sulfonamides is 1. The number of anilines is 1. The van der Waals surface area contributed by atoms with Crippen LogP contribution in [0, 0.1) is 11.3 Å². The number of hydrogen-bond donors (Lipinski definition) is 1. The third-order valence-corrected chi connectivity index (χ3v) is 5.41. The molecule has 0 bridgehead atoms. The lowest BCUT2D eigenvalue weighted by atomic mass is 10.1. The standard InChI is InChI=1S/C14H19N3O3S/c1-2-20-13-4-3-7-17(10-13)21(18,19)14-6-5-12(16)8-11(14)9-15/h5-6,8,13H,2-4,7,10,16H2,1H3. The van der Waals surface area contributed by atoms with Gasteiger partial charge in [0.15, 0.2) is 0 Å². The molecule has 1 atom stereocenters. The molecule has 0 spiro atoms. The molecule has 2 rings (SSSR count). The molecule has 0 radical (unpaired) electrons. The molecule has 1 aliphatic heterocycles. The SMILES string of the molecule is CCOC1CCCN(S(=O)(=O)c2ccc(N)cc2C#N)C1. The predicted octanol–water partition coefficient (Wildman–Crippen LogP) is 1.33. The summed E-state index contributed by atoms with van der Waals surface area (Å²) in [6.45, 7) is 3.22. The van der Waals surface area contributed by atoms with E-state index >= 15 is 0 Å². The highest BCUT2D eigenvalue weighted by Crippen LogP contribution is 2.25. The van der Waals surface area contributed by atoms with Crippen LogP contribution in [0.15, 0.2) is 23.1 Å². The van der Waals surface area contributed by atoms with Crippen molar-refractivity contribution in [1.82, 2.24) is 4.31 Å². The van der Waals surface area contributed by atoms with Gasteiger partial charge in [0.1, 0.15) is 11.0 Å². The van der Waals surface area contributed by atoms with Crippen molar-refractivity contribution >= 4 is 15.7 Å². The average Bonchev–Trinajstić information content (AvgIpc) is 2.47. The Morgan fingerprint density at radius 2 is 2.29 bits per heavy atom. The number of piperidine rings is 1. The van der Waals surface area contributed by atoms with Crippen LogP contribution in [0.25, 0.3) is 0 Å². The van der Waals surface area contributed by atoms with Crippen molar-refractivity contribution in [2.45, 2.75) is 30.8 Å². The minimum atomic E-state index is -3.70. The molecule has 1 aliphatic rings. The van der Waals surface area contributed by atoms with Gasteiger partial charge in [-0.2, -0.15) is 9.57 Å². The van der Waals surface area contributed by atoms with E-state index in [4.69, 9.17) is 15.7 Å².